The first-order valence-electron chi connectivity index (χ1n) is 22.2. The summed E-state index contributed by atoms with van der Waals surface area (Å²) in [5, 5.41) is 0. The lowest BCUT2D eigenvalue weighted by atomic mass is 9.89. The molecular formula is C47H80O9. The van der Waals surface area contributed by atoms with E-state index in [4.69, 9.17) is 37.9 Å². The van der Waals surface area contributed by atoms with Crippen LogP contribution in [0.15, 0.2) is 54.6 Å². The van der Waals surface area contributed by atoms with Gasteiger partial charge in [-0.15, -0.1) is 0 Å². The third-order valence-electron chi connectivity index (χ3n) is 10.1. The quantitative estimate of drug-likeness (QED) is 0.0293. The first-order valence-corrected chi connectivity index (χ1v) is 22.2. The monoisotopic (exact) mass is 789 g/mol. The van der Waals surface area contributed by atoms with Gasteiger partial charge in [0.25, 0.3) is 0 Å². The van der Waals surface area contributed by atoms with Crippen LogP contribution in [0.1, 0.15) is 151 Å². The molecule has 0 N–H and O–H groups in total. The van der Waals surface area contributed by atoms with Crippen molar-refractivity contribution in [1.29, 1.82) is 0 Å². The predicted octanol–water partition coefficient (Wildman–Crippen LogP) is 11.3. The molecule has 56 heavy (non-hydrogen) atoms. The normalized spacial score (nSPS) is 21.4. The summed E-state index contributed by atoms with van der Waals surface area (Å²) in [4.78, 5) is 12.4. The molecule has 9 atom stereocenters. The molecule has 0 radical (unpaired) electrons. The first-order chi connectivity index (χ1) is 27.2. The van der Waals surface area contributed by atoms with E-state index in [0.717, 1.165) is 83.5 Å². The zero-order valence-electron chi connectivity index (χ0n) is 36.5. The van der Waals surface area contributed by atoms with Gasteiger partial charge in [-0.2, -0.15) is 0 Å². The highest BCUT2D eigenvalue weighted by atomic mass is 16.7. The molecule has 0 bridgehead atoms. The summed E-state index contributed by atoms with van der Waals surface area (Å²) in [5.74, 6) is -0.0435. The van der Waals surface area contributed by atoms with Crippen molar-refractivity contribution in [2.24, 2.45) is 11.8 Å². The van der Waals surface area contributed by atoms with Crippen molar-refractivity contribution in [3.63, 3.8) is 0 Å². The van der Waals surface area contributed by atoms with Gasteiger partial charge in [-0.1, -0.05) is 108 Å². The van der Waals surface area contributed by atoms with Gasteiger partial charge in [0.1, 0.15) is 0 Å². The summed E-state index contributed by atoms with van der Waals surface area (Å²) in [7, 11) is 0. The Labute approximate surface area is 341 Å². The van der Waals surface area contributed by atoms with Crippen molar-refractivity contribution in [3.8, 4) is 0 Å². The summed E-state index contributed by atoms with van der Waals surface area (Å²) in [6.45, 7) is 19.0. The fraction of sp³-hybridized carbons (Fsp3) is 0.766. The number of rotatable bonds is 34. The topological polar surface area (TPSA) is 90.9 Å². The molecule has 1 fully saturated rings. The first kappa shape index (κ1) is 50.0. The van der Waals surface area contributed by atoms with Gasteiger partial charge in [-0.25, -0.2) is 0 Å². The third-order valence-corrected chi connectivity index (χ3v) is 10.1. The molecule has 0 aromatic heterocycles. The minimum atomic E-state index is -0.516. The fourth-order valence-electron chi connectivity index (χ4n) is 6.82. The number of carbonyl (C=O) groups is 1. The van der Waals surface area contributed by atoms with E-state index in [1.807, 2.05) is 20.8 Å². The van der Waals surface area contributed by atoms with Gasteiger partial charge >= 0.3 is 5.97 Å². The molecule has 1 aliphatic carbocycles. The van der Waals surface area contributed by atoms with E-state index in [9.17, 15) is 4.79 Å². The Morgan fingerprint density at radius 2 is 1.25 bits per heavy atom. The molecule has 322 valence electrons. The maximum absolute atomic E-state index is 12.4. The van der Waals surface area contributed by atoms with Crippen LogP contribution in [0.5, 0.6) is 0 Å². The second-order valence-corrected chi connectivity index (χ2v) is 15.2. The van der Waals surface area contributed by atoms with Crippen molar-refractivity contribution in [3.05, 3.63) is 60.2 Å². The second kappa shape index (κ2) is 31.8. The fourth-order valence-corrected chi connectivity index (χ4v) is 6.82. The second-order valence-electron chi connectivity index (χ2n) is 15.2. The molecule has 0 saturated heterocycles. The summed E-state index contributed by atoms with van der Waals surface area (Å²) in [6, 6.07) is 10.6. The Hall–Kier alpha value is -2.11. The molecule has 0 amide bonds. The van der Waals surface area contributed by atoms with Crippen molar-refractivity contribution in [2.45, 2.75) is 195 Å². The molecule has 1 saturated carbocycles. The number of esters is 1. The van der Waals surface area contributed by atoms with Crippen LogP contribution >= 0.6 is 0 Å². The minimum absolute atomic E-state index is 0.0491. The van der Waals surface area contributed by atoms with Gasteiger partial charge in [0.15, 0.2) is 25.2 Å². The molecule has 9 heteroatoms. The van der Waals surface area contributed by atoms with Crippen molar-refractivity contribution >= 4 is 5.97 Å². The van der Waals surface area contributed by atoms with E-state index >= 15 is 0 Å². The summed E-state index contributed by atoms with van der Waals surface area (Å²) in [5.41, 5.74) is 1.28. The maximum Gasteiger partial charge on any atom is 0.308 e. The smallest absolute Gasteiger partial charge is 0.308 e. The maximum atomic E-state index is 12.4. The van der Waals surface area contributed by atoms with Crippen LogP contribution in [-0.2, 0) is 49.1 Å². The third kappa shape index (κ3) is 22.7. The molecular weight excluding hydrogens is 709 g/mol. The molecule has 9 nitrogen and oxygen atoms in total. The lowest BCUT2D eigenvalue weighted by Gasteiger charge is -2.27. The molecule has 2 rings (SSSR count). The molecule has 3 unspecified atom stereocenters. The van der Waals surface area contributed by atoms with Crippen LogP contribution < -0.4 is 0 Å². The van der Waals surface area contributed by atoms with Crippen LogP contribution in [0, 0.1) is 11.8 Å². The van der Waals surface area contributed by atoms with Gasteiger partial charge in [-0.05, 0) is 97.0 Å². The average Bonchev–Trinajstić information content (AvgIpc) is 3.48. The Kier molecular flexibility index (Phi) is 28.4. The minimum Gasteiger partial charge on any atom is -0.436 e. The van der Waals surface area contributed by atoms with E-state index in [1.165, 1.54) is 5.56 Å². The van der Waals surface area contributed by atoms with Crippen LogP contribution in [0.3, 0.4) is 0 Å². The van der Waals surface area contributed by atoms with E-state index in [-0.39, 0.29) is 55.0 Å². The predicted molar refractivity (Wildman–Crippen MR) is 225 cm³/mol. The zero-order chi connectivity index (χ0) is 40.8. The van der Waals surface area contributed by atoms with Gasteiger partial charge in [0, 0.05) is 38.6 Å². The van der Waals surface area contributed by atoms with E-state index in [0.29, 0.717) is 39.3 Å². The van der Waals surface area contributed by atoms with E-state index < -0.39 is 6.29 Å². The van der Waals surface area contributed by atoms with Crippen molar-refractivity contribution in [2.75, 3.05) is 26.4 Å². The number of unbranched alkanes of at least 4 members (excludes halogenated alkanes) is 5. The summed E-state index contributed by atoms with van der Waals surface area (Å²) < 4.78 is 49.2. The highest BCUT2D eigenvalue weighted by Crippen LogP contribution is 2.41. The summed E-state index contributed by atoms with van der Waals surface area (Å²) >= 11 is 0. The van der Waals surface area contributed by atoms with Gasteiger partial charge < -0.3 is 37.9 Å². The average molecular weight is 789 g/mol. The van der Waals surface area contributed by atoms with E-state index in [2.05, 4.69) is 82.3 Å². The number of benzene rings is 1. The highest BCUT2D eigenvalue weighted by molar-refractivity contribution is 5.69. The Morgan fingerprint density at radius 1 is 0.696 bits per heavy atom. The van der Waals surface area contributed by atoms with Crippen molar-refractivity contribution < 1.29 is 42.7 Å². The van der Waals surface area contributed by atoms with Gasteiger partial charge in [0.05, 0.1) is 24.9 Å². The SMILES string of the molecule is CCCCOC(C)OC(=O)CCC/C=C\C[C@@H]1[C@@H](/C=C/[C@H](CCc2ccccc2)O[C@@H](C)OCCCC)[C@H](OC(C)OCCCC)C[C@@H]1OC(C)OCCCC. The summed E-state index contributed by atoms with van der Waals surface area (Å²) in [6.07, 6.45) is 20.4. The zero-order valence-corrected chi connectivity index (χ0v) is 36.5. The molecule has 1 aromatic carbocycles. The Morgan fingerprint density at radius 3 is 1.84 bits per heavy atom. The van der Waals surface area contributed by atoms with Crippen LogP contribution in [0.2, 0.25) is 0 Å². The molecule has 1 aromatic rings. The lowest BCUT2D eigenvalue weighted by molar-refractivity contribution is -0.178. The molecule has 0 heterocycles. The molecule has 1 aliphatic rings. The molecule has 0 aliphatic heterocycles. The highest BCUT2D eigenvalue weighted by Gasteiger charge is 2.44. The van der Waals surface area contributed by atoms with Crippen LogP contribution in [0.4, 0.5) is 0 Å². The van der Waals surface area contributed by atoms with Crippen LogP contribution in [0.25, 0.3) is 0 Å². The lowest BCUT2D eigenvalue weighted by Crippen LogP contribution is -2.28. The number of aryl methyl sites for hydroxylation is 1. The van der Waals surface area contributed by atoms with E-state index in [1.54, 1.807) is 6.92 Å². The number of ether oxygens (including phenoxy) is 8. The standard InChI is InChI=1S/C47H80O9/c1-9-13-32-49-37(5)53-42(29-28-41-24-20-19-21-25-41)30-31-44-43(26-22-17-18-23-27-47(48)56-40(8)52-35-16-12-4)45(54-38(6)50-33-14-10-2)36-46(44)55-39(7)51-34-15-11-3/h17,19-22,24-25,30-31,37-40,42-46H,9-16,18,23,26-29,32-36H2,1-8H3/b22-17-,31-30+/t37-,38?,39?,40?,42-,43+,44+,45-,46+/m0/s1. The number of carbonyl (C=O) groups excluding carboxylic acids is 1. The number of allylic oxidation sites excluding steroid dienone is 2. The Bertz CT molecular complexity index is 1140. The number of hydrogen-bond donors (Lipinski definition) is 0. The van der Waals surface area contributed by atoms with Crippen LogP contribution in [-0.4, -0.2) is 75.9 Å². The Balaban J connectivity index is 2.28. The largest absolute Gasteiger partial charge is 0.436 e. The van der Waals surface area contributed by atoms with Gasteiger partial charge in [0.2, 0.25) is 0 Å². The molecule has 0 spiro atoms. The number of hydrogen-bond acceptors (Lipinski definition) is 9. The van der Waals surface area contributed by atoms with Crippen molar-refractivity contribution in [1.82, 2.24) is 0 Å². The van der Waals surface area contributed by atoms with Gasteiger partial charge in [-0.3, -0.25) is 4.79 Å².